The number of carbonyl (C=O) groups excluding carboxylic acids is 1. The molecular formula is C24H21F5O4S. The number of benzene rings is 2. The standard InChI is InChI=1S/C24H21F5O4S/c1-4-31-21(30)12-33-18-8-5-15(9-13(18)2)32-11-20-14(3)10-19(34-20)16-6-7-17(24(27,28)29)23(26)22(16)25/h5-10H,4,11-12H2,1-3H3. The number of rotatable bonds is 8. The van der Waals surface area contributed by atoms with Gasteiger partial charge in [0.15, 0.2) is 18.2 Å². The van der Waals surface area contributed by atoms with Crippen molar-refractivity contribution in [1.29, 1.82) is 0 Å². The van der Waals surface area contributed by atoms with Crippen LogP contribution in [0, 0.1) is 25.5 Å². The molecule has 0 aliphatic rings. The van der Waals surface area contributed by atoms with Crippen LogP contribution in [0.3, 0.4) is 0 Å². The van der Waals surface area contributed by atoms with Crippen LogP contribution in [0.4, 0.5) is 22.0 Å². The molecule has 0 fully saturated rings. The van der Waals surface area contributed by atoms with Gasteiger partial charge in [0.25, 0.3) is 0 Å². The van der Waals surface area contributed by atoms with Crippen LogP contribution in [-0.4, -0.2) is 19.2 Å². The summed E-state index contributed by atoms with van der Waals surface area (Å²) in [6, 6.07) is 8.06. The van der Waals surface area contributed by atoms with Crippen molar-refractivity contribution in [3.8, 4) is 21.9 Å². The average molecular weight is 500 g/mol. The molecule has 3 rings (SSSR count). The van der Waals surface area contributed by atoms with Crippen LogP contribution < -0.4 is 9.47 Å². The lowest BCUT2D eigenvalue weighted by Crippen LogP contribution is -2.14. The normalized spacial score (nSPS) is 11.4. The molecule has 2 aromatic carbocycles. The molecule has 0 aliphatic carbocycles. The van der Waals surface area contributed by atoms with Gasteiger partial charge in [-0.1, -0.05) is 0 Å². The van der Waals surface area contributed by atoms with Gasteiger partial charge in [0.05, 0.1) is 12.2 Å². The van der Waals surface area contributed by atoms with Gasteiger partial charge in [-0.25, -0.2) is 13.6 Å². The minimum atomic E-state index is -4.98. The van der Waals surface area contributed by atoms with Crippen molar-refractivity contribution in [3.63, 3.8) is 0 Å². The molecule has 0 N–H and O–H groups in total. The quantitative estimate of drug-likeness (QED) is 0.251. The summed E-state index contributed by atoms with van der Waals surface area (Å²) in [5.41, 5.74) is -0.432. The van der Waals surface area contributed by atoms with E-state index in [1.54, 1.807) is 45.0 Å². The highest BCUT2D eigenvalue weighted by Gasteiger charge is 2.36. The van der Waals surface area contributed by atoms with E-state index in [1.807, 2.05) is 0 Å². The van der Waals surface area contributed by atoms with Crippen molar-refractivity contribution < 1.29 is 41.0 Å². The van der Waals surface area contributed by atoms with Crippen LogP contribution in [0.5, 0.6) is 11.5 Å². The molecule has 0 bridgehead atoms. The Bertz CT molecular complexity index is 1190. The van der Waals surface area contributed by atoms with E-state index in [9.17, 15) is 26.7 Å². The van der Waals surface area contributed by atoms with Gasteiger partial charge in [-0.15, -0.1) is 11.3 Å². The topological polar surface area (TPSA) is 44.8 Å². The number of ether oxygens (including phenoxy) is 3. The molecule has 10 heteroatoms. The van der Waals surface area contributed by atoms with Gasteiger partial charge in [0, 0.05) is 15.3 Å². The molecule has 0 amide bonds. The van der Waals surface area contributed by atoms with Crippen LogP contribution >= 0.6 is 11.3 Å². The van der Waals surface area contributed by atoms with Crippen molar-refractivity contribution in [3.05, 3.63) is 69.6 Å². The predicted octanol–water partition coefficient (Wildman–Crippen LogP) is 6.85. The van der Waals surface area contributed by atoms with Gasteiger partial charge < -0.3 is 14.2 Å². The summed E-state index contributed by atoms with van der Waals surface area (Å²) < 4.78 is 82.8. The van der Waals surface area contributed by atoms with Crippen molar-refractivity contribution in [2.24, 2.45) is 0 Å². The highest BCUT2D eigenvalue weighted by atomic mass is 32.1. The molecule has 0 saturated heterocycles. The summed E-state index contributed by atoms with van der Waals surface area (Å²) in [5, 5.41) is 0. The van der Waals surface area contributed by atoms with E-state index >= 15 is 0 Å². The molecule has 0 spiro atoms. The Balaban J connectivity index is 1.71. The zero-order valence-electron chi connectivity index (χ0n) is 18.5. The van der Waals surface area contributed by atoms with Crippen LogP contribution in [-0.2, 0) is 22.3 Å². The van der Waals surface area contributed by atoms with Crippen LogP contribution in [0.2, 0.25) is 0 Å². The van der Waals surface area contributed by atoms with Gasteiger partial charge in [0.1, 0.15) is 18.1 Å². The molecule has 0 atom stereocenters. The van der Waals surface area contributed by atoms with E-state index in [0.717, 1.165) is 28.5 Å². The van der Waals surface area contributed by atoms with E-state index in [1.165, 1.54) is 0 Å². The number of alkyl halides is 3. The minimum Gasteiger partial charge on any atom is -0.488 e. The lowest BCUT2D eigenvalue weighted by atomic mass is 10.1. The Labute approximate surface area is 196 Å². The zero-order valence-corrected chi connectivity index (χ0v) is 19.3. The molecule has 4 nitrogen and oxygen atoms in total. The molecule has 0 radical (unpaired) electrons. The molecule has 34 heavy (non-hydrogen) atoms. The first-order chi connectivity index (χ1) is 16.0. The fourth-order valence-corrected chi connectivity index (χ4v) is 4.22. The molecule has 1 aromatic heterocycles. The van der Waals surface area contributed by atoms with Crippen molar-refractivity contribution in [2.75, 3.05) is 13.2 Å². The van der Waals surface area contributed by atoms with Crippen LogP contribution in [0.15, 0.2) is 36.4 Å². The van der Waals surface area contributed by atoms with Gasteiger partial charge in [-0.2, -0.15) is 13.2 Å². The molecule has 0 unspecified atom stereocenters. The van der Waals surface area contributed by atoms with Gasteiger partial charge in [0.2, 0.25) is 0 Å². The van der Waals surface area contributed by atoms with E-state index in [0.29, 0.717) is 27.3 Å². The summed E-state index contributed by atoms with van der Waals surface area (Å²) in [5.74, 6) is -2.93. The highest BCUT2D eigenvalue weighted by molar-refractivity contribution is 7.15. The summed E-state index contributed by atoms with van der Waals surface area (Å²) >= 11 is 1.10. The lowest BCUT2D eigenvalue weighted by Gasteiger charge is -2.11. The summed E-state index contributed by atoms with van der Waals surface area (Å²) in [4.78, 5) is 12.4. The summed E-state index contributed by atoms with van der Waals surface area (Å²) in [6.45, 7) is 5.39. The maximum Gasteiger partial charge on any atom is 0.419 e. The number of esters is 1. The number of hydrogen-bond acceptors (Lipinski definition) is 5. The molecule has 3 aromatic rings. The number of hydrogen-bond donors (Lipinski definition) is 0. The fourth-order valence-electron chi connectivity index (χ4n) is 3.12. The summed E-state index contributed by atoms with van der Waals surface area (Å²) in [7, 11) is 0. The van der Waals surface area contributed by atoms with Gasteiger partial charge >= 0.3 is 12.1 Å². The Morgan fingerprint density at radius 2 is 1.71 bits per heavy atom. The van der Waals surface area contributed by atoms with Crippen LogP contribution in [0.25, 0.3) is 10.4 Å². The molecule has 1 heterocycles. The number of halogens is 5. The monoisotopic (exact) mass is 500 g/mol. The Kier molecular flexibility index (Phi) is 7.81. The maximum absolute atomic E-state index is 14.4. The predicted molar refractivity (Wildman–Crippen MR) is 117 cm³/mol. The Hall–Kier alpha value is -3.14. The SMILES string of the molecule is CCOC(=O)COc1ccc(OCc2sc(-c3ccc(C(F)(F)F)c(F)c3F)cc2C)cc1C. The fraction of sp³-hybridized carbons (Fsp3) is 0.292. The first-order valence-corrected chi connectivity index (χ1v) is 11.0. The molecule has 0 aliphatic heterocycles. The molecule has 182 valence electrons. The van der Waals surface area contributed by atoms with E-state index < -0.39 is 29.3 Å². The third kappa shape index (κ3) is 5.85. The number of carbonyl (C=O) groups is 1. The van der Waals surface area contributed by atoms with Crippen molar-refractivity contribution >= 4 is 17.3 Å². The van der Waals surface area contributed by atoms with E-state index in [2.05, 4.69) is 0 Å². The third-order valence-electron chi connectivity index (χ3n) is 4.84. The lowest BCUT2D eigenvalue weighted by molar-refractivity contribution is -0.145. The highest BCUT2D eigenvalue weighted by Crippen LogP contribution is 2.38. The smallest absolute Gasteiger partial charge is 0.419 e. The maximum atomic E-state index is 14.4. The Morgan fingerprint density at radius 3 is 2.35 bits per heavy atom. The number of aryl methyl sites for hydroxylation is 2. The van der Waals surface area contributed by atoms with E-state index in [-0.39, 0.29) is 25.4 Å². The molecular weight excluding hydrogens is 479 g/mol. The largest absolute Gasteiger partial charge is 0.488 e. The van der Waals surface area contributed by atoms with Crippen molar-refractivity contribution in [1.82, 2.24) is 0 Å². The summed E-state index contributed by atoms with van der Waals surface area (Å²) in [6.07, 6.45) is -4.98. The minimum absolute atomic E-state index is 0.115. The second kappa shape index (κ2) is 10.4. The Morgan fingerprint density at radius 1 is 0.971 bits per heavy atom. The average Bonchev–Trinajstić information content (AvgIpc) is 3.13. The second-order valence-corrected chi connectivity index (χ2v) is 8.45. The van der Waals surface area contributed by atoms with Crippen LogP contribution in [0.1, 0.15) is 28.5 Å². The zero-order chi connectivity index (χ0) is 25.0. The van der Waals surface area contributed by atoms with Gasteiger partial charge in [-0.05, 0) is 68.3 Å². The first kappa shape index (κ1) is 25.5. The third-order valence-corrected chi connectivity index (χ3v) is 6.08. The second-order valence-electron chi connectivity index (χ2n) is 7.31. The van der Waals surface area contributed by atoms with E-state index in [4.69, 9.17) is 14.2 Å². The molecule has 0 saturated carbocycles. The van der Waals surface area contributed by atoms with Crippen molar-refractivity contribution in [2.45, 2.75) is 33.6 Å². The van der Waals surface area contributed by atoms with Gasteiger partial charge in [-0.3, -0.25) is 0 Å². The first-order valence-electron chi connectivity index (χ1n) is 10.2. The number of thiophene rings is 1.